The van der Waals surface area contributed by atoms with Crippen molar-refractivity contribution in [2.45, 2.75) is 12.7 Å². The number of nitrogens with zero attached hydrogens (tertiary/aromatic N) is 3. The highest BCUT2D eigenvalue weighted by molar-refractivity contribution is 5.66. The highest BCUT2D eigenvalue weighted by Crippen LogP contribution is 2.37. The zero-order valence-electron chi connectivity index (χ0n) is 15.5. The molecule has 0 unspecified atom stereocenters. The third-order valence-corrected chi connectivity index (χ3v) is 4.55. The van der Waals surface area contributed by atoms with E-state index >= 15 is 0 Å². The molecule has 2 aromatic rings. The SMILES string of the molecule is COc1ccc(Cn2ccc3nc(-c4cccc(F)c4F)nc-3c2)cc1C(F)(F)F. The second-order valence-corrected chi connectivity index (χ2v) is 6.57. The van der Waals surface area contributed by atoms with Gasteiger partial charge < -0.3 is 9.30 Å². The van der Waals surface area contributed by atoms with Gasteiger partial charge in [-0.1, -0.05) is 12.1 Å². The summed E-state index contributed by atoms with van der Waals surface area (Å²) < 4.78 is 73.6. The van der Waals surface area contributed by atoms with Gasteiger partial charge in [-0.05, 0) is 35.9 Å². The average Bonchev–Trinajstić information content (AvgIpc) is 3.12. The molecule has 4 nitrogen and oxygen atoms in total. The Morgan fingerprint density at radius 1 is 1.00 bits per heavy atom. The number of methoxy groups -OCH3 is 1. The van der Waals surface area contributed by atoms with Gasteiger partial charge in [0.1, 0.15) is 11.4 Å². The molecule has 30 heavy (non-hydrogen) atoms. The maximum atomic E-state index is 14.0. The van der Waals surface area contributed by atoms with Gasteiger partial charge in [-0.3, -0.25) is 0 Å². The third-order valence-electron chi connectivity index (χ3n) is 4.55. The van der Waals surface area contributed by atoms with E-state index in [2.05, 4.69) is 9.97 Å². The maximum absolute atomic E-state index is 14.0. The quantitative estimate of drug-likeness (QED) is 0.416. The number of fused-ring (bicyclic) bond motifs is 1. The van der Waals surface area contributed by atoms with Crippen LogP contribution in [0.3, 0.4) is 0 Å². The fourth-order valence-corrected chi connectivity index (χ4v) is 3.13. The minimum atomic E-state index is -4.54. The molecule has 4 rings (SSSR count). The first-order valence-electron chi connectivity index (χ1n) is 8.78. The number of aromatic nitrogens is 3. The fourth-order valence-electron chi connectivity index (χ4n) is 3.13. The van der Waals surface area contributed by atoms with Gasteiger partial charge in [0.2, 0.25) is 0 Å². The van der Waals surface area contributed by atoms with Crippen molar-refractivity contribution < 1.29 is 26.7 Å². The van der Waals surface area contributed by atoms with Crippen molar-refractivity contribution in [2.24, 2.45) is 0 Å². The number of hydrogen-bond acceptors (Lipinski definition) is 3. The second kappa shape index (κ2) is 7.40. The van der Waals surface area contributed by atoms with E-state index in [0.29, 0.717) is 17.0 Å². The van der Waals surface area contributed by atoms with Crippen LogP contribution in [0, 0.1) is 11.6 Å². The topological polar surface area (TPSA) is 39.9 Å². The normalized spacial score (nSPS) is 11.8. The Hall–Kier alpha value is -3.49. The second-order valence-electron chi connectivity index (χ2n) is 6.57. The standard InChI is InChI=1S/C21H14F5N3O/c1-30-18-6-5-12(9-14(18)21(24,25)26)10-29-8-7-16-17(11-29)28-20(27-16)13-3-2-4-15(22)19(13)23/h2-9,11H,10H2,1H3. The van der Waals surface area contributed by atoms with Crippen molar-refractivity contribution in [3.63, 3.8) is 0 Å². The largest absolute Gasteiger partial charge is 0.496 e. The summed E-state index contributed by atoms with van der Waals surface area (Å²) in [5, 5.41) is 0. The van der Waals surface area contributed by atoms with Crippen molar-refractivity contribution in [2.75, 3.05) is 7.11 Å². The van der Waals surface area contributed by atoms with E-state index in [1.165, 1.54) is 31.4 Å². The molecule has 0 bridgehead atoms. The van der Waals surface area contributed by atoms with Gasteiger partial charge in [0.05, 0.1) is 23.9 Å². The number of rotatable bonds is 4. The Kier molecular flexibility index (Phi) is 4.89. The molecular weight excluding hydrogens is 405 g/mol. The zero-order valence-corrected chi connectivity index (χ0v) is 15.5. The Morgan fingerprint density at radius 3 is 2.50 bits per heavy atom. The summed E-state index contributed by atoms with van der Waals surface area (Å²) in [7, 11) is 1.18. The van der Waals surface area contributed by atoms with Gasteiger partial charge in [-0.2, -0.15) is 13.2 Å². The van der Waals surface area contributed by atoms with Gasteiger partial charge in [-0.15, -0.1) is 0 Å². The fraction of sp³-hybridized carbons (Fsp3) is 0.143. The summed E-state index contributed by atoms with van der Waals surface area (Å²) in [6.07, 6.45) is -1.34. The van der Waals surface area contributed by atoms with Crippen LogP contribution in [0.4, 0.5) is 22.0 Å². The van der Waals surface area contributed by atoms with Crippen LogP contribution in [0.15, 0.2) is 54.9 Å². The molecule has 0 saturated carbocycles. The van der Waals surface area contributed by atoms with E-state index in [9.17, 15) is 22.0 Å². The predicted molar refractivity (Wildman–Crippen MR) is 99.1 cm³/mol. The molecule has 2 aromatic carbocycles. The van der Waals surface area contributed by atoms with Crippen LogP contribution in [0.1, 0.15) is 11.1 Å². The minimum absolute atomic E-state index is 0.0311. The summed E-state index contributed by atoms with van der Waals surface area (Å²) in [5.41, 5.74) is 0.337. The van der Waals surface area contributed by atoms with Crippen LogP contribution in [0.5, 0.6) is 5.75 Å². The average molecular weight is 419 g/mol. The lowest BCUT2D eigenvalue weighted by Crippen LogP contribution is -2.09. The number of halogens is 5. The van der Waals surface area contributed by atoms with Crippen LogP contribution in [-0.2, 0) is 12.7 Å². The molecular formula is C21H14F5N3O. The first-order chi connectivity index (χ1) is 14.3. The Bertz CT molecular complexity index is 1190. The number of imidazole rings is 1. The van der Waals surface area contributed by atoms with Gasteiger partial charge in [0.15, 0.2) is 17.5 Å². The van der Waals surface area contributed by atoms with Crippen LogP contribution in [-0.4, -0.2) is 21.6 Å². The van der Waals surface area contributed by atoms with Crippen molar-refractivity contribution in [3.05, 3.63) is 77.6 Å². The van der Waals surface area contributed by atoms with Gasteiger partial charge in [0, 0.05) is 18.9 Å². The lowest BCUT2D eigenvalue weighted by Gasteiger charge is -2.14. The van der Waals surface area contributed by atoms with E-state index in [4.69, 9.17) is 4.74 Å². The third kappa shape index (κ3) is 3.70. The van der Waals surface area contributed by atoms with E-state index in [1.807, 2.05) is 0 Å². The summed E-state index contributed by atoms with van der Waals surface area (Å²) in [6.45, 7) is 0.138. The molecule has 2 aliphatic heterocycles. The molecule has 0 N–H and O–H groups in total. The molecule has 0 fully saturated rings. The lowest BCUT2D eigenvalue weighted by atomic mass is 10.1. The molecule has 0 aromatic heterocycles. The maximum Gasteiger partial charge on any atom is 0.419 e. The molecule has 0 saturated heterocycles. The van der Waals surface area contributed by atoms with E-state index < -0.39 is 23.4 Å². The minimum Gasteiger partial charge on any atom is -0.496 e. The number of benzene rings is 2. The first kappa shape index (κ1) is 19.8. The van der Waals surface area contributed by atoms with E-state index in [-0.39, 0.29) is 23.7 Å². The highest BCUT2D eigenvalue weighted by Gasteiger charge is 2.34. The van der Waals surface area contributed by atoms with Crippen molar-refractivity contribution in [3.8, 4) is 28.5 Å². The number of ether oxygens (including phenoxy) is 1. The van der Waals surface area contributed by atoms with Crippen molar-refractivity contribution in [1.82, 2.24) is 14.5 Å². The Morgan fingerprint density at radius 2 is 1.77 bits per heavy atom. The van der Waals surface area contributed by atoms with Crippen LogP contribution < -0.4 is 4.74 Å². The molecule has 2 heterocycles. The van der Waals surface area contributed by atoms with Crippen molar-refractivity contribution >= 4 is 0 Å². The number of alkyl halides is 3. The summed E-state index contributed by atoms with van der Waals surface area (Å²) >= 11 is 0. The van der Waals surface area contributed by atoms with Crippen molar-refractivity contribution in [1.29, 1.82) is 0 Å². The predicted octanol–water partition coefficient (Wildman–Crippen LogP) is 5.40. The molecule has 0 atom stereocenters. The highest BCUT2D eigenvalue weighted by atomic mass is 19.4. The van der Waals surface area contributed by atoms with Gasteiger partial charge in [-0.25, -0.2) is 18.7 Å². The Labute approximate surface area is 167 Å². The summed E-state index contributed by atoms with van der Waals surface area (Å²) in [5.74, 6) is -2.27. The van der Waals surface area contributed by atoms with E-state index in [0.717, 1.165) is 12.1 Å². The number of hydrogen-bond donors (Lipinski definition) is 0. The van der Waals surface area contributed by atoms with Gasteiger partial charge in [0.25, 0.3) is 0 Å². The lowest BCUT2D eigenvalue weighted by molar-refractivity contribution is -0.138. The molecule has 0 spiro atoms. The molecule has 154 valence electrons. The number of pyridine rings is 1. The smallest absolute Gasteiger partial charge is 0.419 e. The summed E-state index contributed by atoms with van der Waals surface area (Å²) in [4.78, 5) is 8.44. The molecule has 0 amide bonds. The van der Waals surface area contributed by atoms with Crippen LogP contribution in [0.25, 0.3) is 22.8 Å². The summed E-state index contributed by atoms with van der Waals surface area (Å²) in [6, 6.07) is 9.17. The molecule has 2 aliphatic rings. The van der Waals surface area contributed by atoms with Gasteiger partial charge >= 0.3 is 6.18 Å². The van der Waals surface area contributed by atoms with Crippen LogP contribution in [0.2, 0.25) is 0 Å². The molecule has 0 radical (unpaired) electrons. The molecule has 0 aliphatic carbocycles. The van der Waals surface area contributed by atoms with Crippen LogP contribution >= 0.6 is 0 Å². The van der Waals surface area contributed by atoms with E-state index in [1.54, 1.807) is 23.0 Å². The first-order valence-corrected chi connectivity index (χ1v) is 8.78. The molecule has 9 heteroatoms. The Balaban J connectivity index is 1.67. The zero-order chi connectivity index (χ0) is 21.5. The monoisotopic (exact) mass is 419 g/mol.